The van der Waals surface area contributed by atoms with Crippen LogP contribution in [0.5, 0.6) is 0 Å². The fraction of sp³-hybridized carbons (Fsp3) is 0.500. The zero-order chi connectivity index (χ0) is 9.42. The van der Waals surface area contributed by atoms with E-state index in [1.54, 1.807) is 13.0 Å². The van der Waals surface area contributed by atoms with Crippen LogP contribution >= 0.6 is 0 Å². The average molecular weight is 181 g/mol. The summed E-state index contributed by atoms with van der Waals surface area (Å²) < 4.78 is 13.2. The van der Waals surface area contributed by atoms with E-state index in [4.69, 9.17) is 0 Å². The van der Waals surface area contributed by atoms with Crippen molar-refractivity contribution in [3.63, 3.8) is 0 Å². The van der Waals surface area contributed by atoms with E-state index in [0.717, 1.165) is 18.4 Å². The number of aryl methyl sites for hydroxylation is 1. The molecule has 13 heavy (non-hydrogen) atoms. The van der Waals surface area contributed by atoms with Crippen LogP contribution in [0, 0.1) is 18.8 Å². The second-order valence-electron chi connectivity index (χ2n) is 3.61. The zero-order valence-corrected chi connectivity index (χ0v) is 7.50. The Balaban J connectivity index is 2.36. The van der Waals surface area contributed by atoms with Gasteiger partial charge in [-0.15, -0.1) is 0 Å². The van der Waals surface area contributed by atoms with Crippen LogP contribution in [-0.4, -0.2) is 10.1 Å². The highest BCUT2D eigenvalue weighted by Gasteiger charge is 2.33. The molecule has 1 heterocycles. The second-order valence-corrected chi connectivity index (χ2v) is 3.61. The van der Waals surface area contributed by atoms with Gasteiger partial charge in [-0.05, 0) is 37.3 Å². The molecule has 2 nitrogen and oxygen atoms in total. The van der Waals surface area contributed by atoms with Crippen molar-refractivity contribution in [1.29, 1.82) is 0 Å². The van der Waals surface area contributed by atoms with Crippen molar-refractivity contribution in [2.45, 2.75) is 25.9 Å². The molecule has 0 bridgehead atoms. The van der Waals surface area contributed by atoms with Crippen LogP contribution in [-0.2, 0) is 0 Å². The predicted molar refractivity (Wildman–Crippen MR) is 46.6 cm³/mol. The average Bonchev–Trinajstić information content (AvgIpc) is 2.85. The summed E-state index contributed by atoms with van der Waals surface area (Å²) in [6, 6.07) is 1.73. The Bertz CT molecular complexity index is 302. The minimum absolute atomic E-state index is 0.248. The van der Waals surface area contributed by atoms with Crippen molar-refractivity contribution in [2.24, 2.45) is 5.92 Å². The summed E-state index contributed by atoms with van der Waals surface area (Å²) in [5.74, 6) is -0.281. The molecule has 1 N–H and O–H groups in total. The summed E-state index contributed by atoms with van der Waals surface area (Å²) in [7, 11) is 0. The molecule has 1 aromatic heterocycles. The van der Waals surface area contributed by atoms with E-state index in [-0.39, 0.29) is 5.92 Å². The van der Waals surface area contributed by atoms with E-state index in [0.29, 0.717) is 5.56 Å². The van der Waals surface area contributed by atoms with E-state index < -0.39 is 12.1 Å². The maximum Gasteiger partial charge on any atom is 0.218 e. The number of hydrogen-bond donors (Lipinski definition) is 1. The van der Waals surface area contributed by atoms with E-state index in [1.807, 2.05) is 0 Å². The molecule has 1 aromatic rings. The van der Waals surface area contributed by atoms with Crippen molar-refractivity contribution in [3.05, 3.63) is 29.3 Å². The highest BCUT2D eigenvalue weighted by molar-refractivity contribution is 5.26. The number of aromatic nitrogens is 1. The lowest BCUT2D eigenvalue weighted by molar-refractivity contribution is 0.147. The van der Waals surface area contributed by atoms with Gasteiger partial charge in [-0.25, -0.2) is 4.98 Å². The van der Waals surface area contributed by atoms with Crippen molar-refractivity contribution in [2.75, 3.05) is 0 Å². The van der Waals surface area contributed by atoms with Gasteiger partial charge in [0.2, 0.25) is 5.95 Å². The Labute approximate surface area is 76.4 Å². The van der Waals surface area contributed by atoms with Crippen LogP contribution < -0.4 is 0 Å². The van der Waals surface area contributed by atoms with Crippen LogP contribution in [0.3, 0.4) is 0 Å². The van der Waals surface area contributed by atoms with Gasteiger partial charge in [-0.2, -0.15) is 4.39 Å². The van der Waals surface area contributed by atoms with Crippen LogP contribution in [0.15, 0.2) is 12.3 Å². The summed E-state index contributed by atoms with van der Waals surface area (Å²) in [6.45, 7) is 1.80. The summed E-state index contributed by atoms with van der Waals surface area (Å²) in [6.07, 6.45) is 2.76. The number of aliphatic hydroxyl groups excluding tert-OH is 1. The normalized spacial score (nSPS) is 18.7. The summed E-state index contributed by atoms with van der Waals surface area (Å²) in [5.41, 5.74) is 1.16. The molecule has 70 valence electrons. The Hall–Kier alpha value is -0.960. The standard InChI is InChI=1S/C10H12FNO/c1-6-4-5-12-10(11)8(6)9(13)7-2-3-7/h4-5,7,9,13H,2-3H2,1H3. The van der Waals surface area contributed by atoms with E-state index in [1.165, 1.54) is 6.20 Å². The molecule has 1 unspecified atom stereocenters. The van der Waals surface area contributed by atoms with Crippen molar-refractivity contribution < 1.29 is 9.50 Å². The maximum atomic E-state index is 13.2. The van der Waals surface area contributed by atoms with Gasteiger partial charge in [0.05, 0.1) is 6.10 Å². The lowest BCUT2D eigenvalue weighted by Crippen LogP contribution is -2.06. The number of hydrogen-bond acceptors (Lipinski definition) is 2. The van der Waals surface area contributed by atoms with E-state index >= 15 is 0 Å². The third-order valence-electron chi connectivity index (χ3n) is 2.52. The van der Waals surface area contributed by atoms with Gasteiger partial charge >= 0.3 is 0 Å². The van der Waals surface area contributed by atoms with Gasteiger partial charge < -0.3 is 5.11 Å². The van der Waals surface area contributed by atoms with E-state index in [9.17, 15) is 9.50 Å². The van der Waals surface area contributed by atoms with Crippen LogP contribution in [0.1, 0.15) is 30.1 Å². The lowest BCUT2D eigenvalue weighted by atomic mass is 10.0. The first-order chi connectivity index (χ1) is 6.20. The fourth-order valence-electron chi connectivity index (χ4n) is 1.54. The molecule has 0 saturated heterocycles. The number of rotatable bonds is 2. The van der Waals surface area contributed by atoms with Gasteiger partial charge in [0, 0.05) is 11.8 Å². The molecular weight excluding hydrogens is 169 g/mol. The molecule has 0 radical (unpaired) electrons. The molecule has 2 rings (SSSR count). The molecule has 0 aromatic carbocycles. The number of aliphatic hydroxyl groups is 1. The van der Waals surface area contributed by atoms with Crippen molar-refractivity contribution >= 4 is 0 Å². The Kier molecular flexibility index (Phi) is 2.04. The van der Waals surface area contributed by atoms with E-state index in [2.05, 4.69) is 4.98 Å². The minimum atomic E-state index is -0.659. The number of halogens is 1. The Morgan fingerprint density at radius 2 is 2.31 bits per heavy atom. The predicted octanol–water partition coefficient (Wildman–Crippen LogP) is 1.97. The first-order valence-corrected chi connectivity index (χ1v) is 4.49. The smallest absolute Gasteiger partial charge is 0.218 e. The molecule has 1 aliphatic carbocycles. The third kappa shape index (κ3) is 1.56. The van der Waals surface area contributed by atoms with Gasteiger partial charge in [0.25, 0.3) is 0 Å². The number of nitrogens with zero attached hydrogens (tertiary/aromatic N) is 1. The Morgan fingerprint density at radius 1 is 1.62 bits per heavy atom. The summed E-state index contributed by atoms with van der Waals surface area (Å²) in [5, 5.41) is 9.74. The molecule has 1 fully saturated rings. The monoisotopic (exact) mass is 181 g/mol. The number of pyridine rings is 1. The van der Waals surface area contributed by atoms with Gasteiger partial charge in [0.15, 0.2) is 0 Å². The second kappa shape index (κ2) is 3.07. The first kappa shape index (κ1) is 8.63. The summed E-state index contributed by atoms with van der Waals surface area (Å²) >= 11 is 0. The van der Waals surface area contributed by atoms with Gasteiger partial charge in [-0.1, -0.05) is 0 Å². The molecule has 0 spiro atoms. The maximum absolute atomic E-state index is 13.2. The Morgan fingerprint density at radius 3 is 2.85 bits per heavy atom. The van der Waals surface area contributed by atoms with Gasteiger partial charge in [-0.3, -0.25) is 0 Å². The van der Waals surface area contributed by atoms with Crippen LogP contribution in [0.25, 0.3) is 0 Å². The molecule has 1 aliphatic rings. The molecule has 1 saturated carbocycles. The quantitative estimate of drug-likeness (QED) is 0.707. The molecule has 0 amide bonds. The third-order valence-corrected chi connectivity index (χ3v) is 2.52. The highest BCUT2D eigenvalue weighted by Crippen LogP contribution is 2.42. The zero-order valence-electron chi connectivity index (χ0n) is 7.50. The van der Waals surface area contributed by atoms with Gasteiger partial charge in [0.1, 0.15) is 0 Å². The fourth-order valence-corrected chi connectivity index (χ4v) is 1.54. The molecule has 0 aliphatic heterocycles. The lowest BCUT2D eigenvalue weighted by Gasteiger charge is -2.12. The molecule has 1 atom stereocenters. The summed E-state index contributed by atoms with van der Waals surface area (Å²) in [4.78, 5) is 3.54. The first-order valence-electron chi connectivity index (χ1n) is 4.49. The minimum Gasteiger partial charge on any atom is -0.388 e. The van der Waals surface area contributed by atoms with Crippen molar-refractivity contribution in [1.82, 2.24) is 4.98 Å². The van der Waals surface area contributed by atoms with Crippen LogP contribution in [0.4, 0.5) is 4.39 Å². The van der Waals surface area contributed by atoms with Crippen molar-refractivity contribution in [3.8, 4) is 0 Å². The SMILES string of the molecule is Cc1ccnc(F)c1C(O)C1CC1. The topological polar surface area (TPSA) is 33.1 Å². The largest absolute Gasteiger partial charge is 0.388 e. The molecule has 3 heteroatoms. The van der Waals surface area contributed by atoms with Crippen LogP contribution in [0.2, 0.25) is 0 Å². The molecular formula is C10H12FNO. The highest BCUT2D eigenvalue weighted by atomic mass is 19.1.